The minimum atomic E-state index is -3.95. The van der Waals surface area contributed by atoms with Crippen molar-refractivity contribution in [3.05, 3.63) is 83.4 Å². The van der Waals surface area contributed by atoms with Crippen LogP contribution in [0.1, 0.15) is 50.4 Å². The molecular weight excluding hydrogens is 678 g/mol. The van der Waals surface area contributed by atoms with Crippen LogP contribution >= 0.6 is 11.6 Å². The maximum Gasteiger partial charge on any atom is 0.261 e. The number of hydrogen-bond acceptors (Lipinski definition) is 8. The molecule has 0 bridgehead atoms. The van der Waals surface area contributed by atoms with Crippen molar-refractivity contribution in [3.63, 3.8) is 0 Å². The summed E-state index contributed by atoms with van der Waals surface area (Å²) in [5, 5.41) is 10.6. The van der Waals surface area contributed by atoms with Crippen LogP contribution in [0.5, 0.6) is 5.75 Å². The van der Waals surface area contributed by atoms with Crippen molar-refractivity contribution in [2.75, 3.05) is 38.1 Å². The Morgan fingerprint density at radius 3 is 2.35 bits per heavy atom. The van der Waals surface area contributed by atoms with Gasteiger partial charge in [-0.2, -0.15) is 4.31 Å². The number of benzene rings is 3. The van der Waals surface area contributed by atoms with E-state index in [0.717, 1.165) is 6.42 Å². The third kappa shape index (κ3) is 9.48. The summed E-state index contributed by atoms with van der Waals surface area (Å²) in [5.41, 5.74) is 0.294. The van der Waals surface area contributed by atoms with Crippen LogP contribution in [0.15, 0.2) is 82.6 Å². The Morgan fingerprint density at radius 1 is 1.00 bits per heavy atom. The molecule has 0 saturated carbocycles. The Kier molecular flexibility index (Phi) is 12.9. The maximum absolute atomic E-state index is 14.3. The molecule has 11 nitrogen and oxygen atoms in total. The van der Waals surface area contributed by atoms with Gasteiger partial charge in [0.2, 0.25) is 10.0 Å². The normalized spacial score (nSPS) is 20.8. The summed E-state index contributed by atoms with van der Waals surface area (Å²) < 4.78 is 69.3. The molecule has 0 radical (unpaired) electrons. The van der Waals surface area contributed by atoms with Gasteiger partial charge in [-0.3, -0.25) is 9.52 Å². The molecule has 3 aromatic rings. The molecule has 4 atom stereocenters. The molecule has 0 unspecified atom stereocenters. The van der Waals surface area contributed by atoms with Gasteiger partial charge in [0, 0.05) is 43.4 Å². The fourth-order valence-corrected chi connectivity index (χ4v) is 7.78. The fraction of sp³-hybridized carbons (Fsp3) is 0.441. The van der Waals surface area contributed by atoms with Gasteiger partial charge in [0.25, 0.3) is 15.9 Å². The number of nitrogens with one attached hydrogen (secondary N) is 1. The number of rotatable bonds is 9. The van der Waals surface area contributed by atoms with E-state index in [1.165, 1.54) is 58.7 Å². The molecule has 3 aromatic carbocycles. The van der Waals surface area contributed by atoms with E-state index < -0.39 is 38.1 Å². The van der Waals surface area contributed by atoms with Crippen LogP contribution in [0, 0.1) is 5.92 Å². The molecule has 0 aromatic heterocycles. The third-order valence-electron chi connectivity index (χ3n) is 8.32. The summed E-state index contributed by atoms with van der Waals surface area (Å²) in [4.78, 5) is 16.0. The molecule has 4 rings (SSSR count). The molecule has 48 heavy (non-hydrogen) atoms. The van der Waals surface area contributed by atoms with E-state index in [9.17, 15) is 26.7 Å². The lowest BCUT2D eigenvalue weighted by Crippen LogP contribution is -2.48. The smallest absolute Gasteiger partial charge is 0.261 e. The zero-order valence-electron chi connectivity index (χ0n) is 27.6. The lowest BCUT2D eigenvalue weighted by atomic mass is 10.0. The third-order valence-corrected chi connectivity index (χ3v) is 11.8. The van der Waals surface area contributed by atoms with E-state index in [1.54, 1.807) is 37.3 Å². The predicted molar refractivity (Wildman–Crippen MR) is 185 cm³/mol. The number of likely N-dealkylation sites (N-methyl/N-ethyl adjacent to an activating group) is 1. The van der Waals surface area contributed by atoms with E-state index in [2.05, 4.69) is 4.72 Å². The van der Waals surface area contributed by atoms with Crippen LogP contribution in [-0.2, 0) is 24.8 Å². The van der Waals surface area contributed by atoms with Crippen LogP contribution < -0.4 is 9.46 Å². The van der Waals surface area contributed by atoms with Gasteiger partial charge in [-0.1, -0.05) is 36.7 Å². The first-order valence-corrected chi connectivity index (χ1v) is 19.2. The topological polar surface area (TPSA) is 143 Å². The number of hydrogen-bond donors (Lipinski definition) is 2. The SMILES string of the molecule is C[C@@H]1CCCCO[C@@H](CN(C)S(=O)(=O)c2ccc(Cl)cc2)[C@@H](C)CN([C@@H](C)CO)C(=O)c2cc(NS(=O)(=O)c3ccccc3)ccc2O1. The summed E-state index contributed by atoms with van der Waals surface area (Å²) in [5.74, 6) is -0.572. The monoisotopic (exact) mass is 721 g/mol. The minimum Gasteiger partial charge on any atom is -0.490 e. The average Bonchev–Trinajstić information content (AvgIpc) is 3.06. The number of ether oxygens (including phenoxy) is 2. The van der Waals surface area contributed by atoms with Gasteiger partial charge in [-0.05, 0) is 87.7 Å². The molecule has 1 heterocycles. The Balaban J connectivity index is 1.67. The fourth-order valence-electron chi connectivity index (χ4n) is 5.40. The van der Waals surface area contributed by atoms with Crippen molar-refractivity contribution in [1.29, 1.82) is 0 Å². The van der Waals surface area contributed by atoms with Crippen molar-refractivity contribution < 1.29 is 36.2 Å². The number of halogens is 1. The van der Waals surface area contributed by atoms with Crippen molar-refractivity contribution >= 4 is 43.2 Å². The van der Waals surface area contributed by atoms with Crippen LogP contribution in [0.2, 0.25) is 5.02 Å². The number of fused-ring (bicyclic) bond motifs is 1. The molecule has 1 aliphatic heterocycles. The molecule has 0 spiro atoms. The lowest BCUT2D eigenvalue weighted by Gasteiger charge is -2.35. The number of amides is 1. The number of aliphatic hydroxyl groups excluding tert-OH is 1. The second-order valence-electron chi connectivity index (χ2n) is 12.2. The largest absolute Gasteiger partial charge is 0.490 e. The number of aliphatic hydroxyl groups is 1. The van der Waals surface area contributed by atoms with Crippen molar-refractivity contribution in [3.8, 4) is 5.75 Å². The van der Waals surface area contributed by atoms with Gasteiger partial charge in [0.05, 0.1) is 40.2 Å². The summed E-state index contributed by atoms with van der Waals surface area (Å²) in [6.45, 7) is 5.61. The summed E-state index contributed by atoms with van der Waals surface area (Å²) in [7, 11) is -6.33. The number of carbonyl (C=O) groups is 1. The van der Waals surface area contributed by atoms with Crippen LogP contribution in [-0.4, -0.2) is 88.7 Å². The van der Waals surface area contributed by atoms with Crippen LogP contribution in [0.3, 0.4) is 0 Å². The lowest BCUT2D eigenvalue weighted by molar-refractivity contribution is -0.00833. The first-order chi connectivity index (χ1) is 22.7. The molecule has 0 saturated heterocycles. The zero-order valence-corrected chi connectivity index (χ0v) is 30.0. The Bertz CT molecular complexity index is 1740. The molecule has 14 heteroatoms. The Hall–Kier alpha value is -3.20. The standard InChI is InChI=1S/C34H44ClN3O8S2/c1-24-21-38(25(2)23-39)34(40)31-20-28(36-47(41,42)29-11-6-5-7-12-29)15-18-32(31)46-26(3)10-8-9-19-45-33(24)22-37(4)48(43,44)30-16-13-27(35)14-17-30/h5-7,11-18,20,24-26,33,36,39H,8-10,19,21-23H2,1-4H3/t24-,25-,26+,33-/m0/s1. The first kappa shape index (κ1) is 37.6. The molecule has 0 aliphatic carbocycles. The zero-order chi connectivity index (χ0) is 35.1. The number of carbonyl (C=O) groups excluding carboxylic acids is 1. The number of sulfonamides is 2. The average molecular weight is 722 g/mol. The highest BCUT2D eigenvalue weighted by molar-refractivity contribution is 7.92. The molecule has 1 amide bonds. The molecular formula is C34H44ClN3O8S2. The van der Waals surface area contributed by atoms with Crippen molar-refractivity contribution in [1.82, 2.24) is 9.21 Å². The van der Waals surface area contributed by atoms with Gasteiger partial charge in [0.1, 0.15) is 5.75 Å². The molecule has 262 valence electrons. The molecule has 0 fully saturated rings. The predicted octanol–water partition coefficient (Wildman–Crippen LogP) is 5.26. The van der Waals surface area contributed by atoms with Gasteiger partial charge in [-0.15, -0.1) is 0 Å². The van der Waals surface area contributed by atoms with Crippen molar-refractivity contribution in [2.24, 2.45) is 5.92 Å². The van der Waals surface area contributed by atoms with E-state index >= 15 is 0 Å². The van der Waals surface area contributed by atoms with E-state index in [4.69, 9.17) is 21.1 Å². The minimum absolute atomic E-state index is 0.0170. The van der Waals surface area contributed by atoms with Gasteiger partial charge in [-0.25, -0.2) is 16.8 Å². The summed E-state index contributed by atoms with van der Waals surface area (Å²) in [6.07, 6.45) is 1.24. The highest BCUT2D eigenvalue weighted by atomic mass is 35.5. The van der Waals surface area contributed by atoms with E-state index in [1.807, 2.05) is 13.8 Å². The maximum atomic E-state index is 14.3. The quantitative estimate of drug-likeness (QED) is 0.305. The van der Waals surface area contributed by atoms with Gasteiger partial charge < -0.3 is 19.5 Å². The van der Waals surface area contributed by atoms with Gasteiger partial charge in [0.15, 0.2) is 0 Å². The number of anilines is 1. The molecule has 2 N–H and O–H groups in total. The van der Waals surface area contributed by atoms with E-state index in [0.29, 0.717) is 24.5 Å². The van der Waals surface area contributed by atoms with Crippen molar-refractivity contribution in [2.45, 2.75) is 68.1 Å². The Morgan fingerprint density at radius 2 is 1.69 bits per heavy atom. The first-order valence-electron chi connectivity index (χ1n) is 15.9. The second-order valence-corrected chi connectivity index (χ2v) is 16.3. The highest BCUT2D eigenvalue weighted by Crippen LogP contribution is 2.30. The van der Waals surface area contributed by atoms with E-state index in [-0.39, 0.29) is 58.5 Å². The second kappa shape index (κ2) is 16.5. The number of nitrogens with zero attached hydrogens (tertiary/aromatic N) is 2. The Labute approximate surface area is 288 Å². The van der Waals surface area contributed by atoms with Crippen LogP contribution in [0.25, 0.3) is 0 Å². The highest BCUT2D eigenvalue weighted by Gasteiger charge is 2.32. The van der Waals surface area contributed by atoms with Gasteiger partial charge >= 0.3 is 0 Å². The van der Waals surface area contributed by atoms with Crippen LogP contribution in [0.4, 0.5) is 5.69 Å². The summed E-state index contributed by atoms with van der Waals surface area (Å²) in [6, 6.07) is 17.8. The molecule has 1 aliphatic rings. The summed E-state index contributed by atoms with van der Waals surface area (Å²) >= 11 is 5.97.